The molecule has 0 aliphatic heterocycles. The Morgan fingerprint density at radius 2 is 2.09 bits per heavy atom. The molecule has 8 heteroatoms. The molecular weight excluding hydrogens is 317 g/mol. The number of para-hydroxylation sites is 1. The van der Waals surface area contributed by atoms with E-state index in [0.717, 1.165) is 15.2 Å². The number of rotatable bonds is 6. The molecule has 1 aromatic heterocycles. The van der Waals surface area contributed by atoms with Gasteiger partial charge >= 0.3 is 6.18 Å². The largest absolute Gasteiger partial charge is 0.411 e. The van der Waals surface area contributed by atoms with Crippen LogP contribution in [-0.4, -0.2) is 42.2 Å². The van der Waals surface area contributed by atoms with Crippen molar-refractivity contribution in [2.24, 2.45) is 0 Å². The zero-order chi connectivity index (χ0) is 16.2. The first-order valence-corrected chi connectivity index (χ1v) is 7.40. The molecular formula is C14H15F3N2O2S. The molecule has 0 unspecified atom stereocenters. The van der Waals surface area contributed by atoms with E-state index in [1.165, 1.54) is 16.2 Å². The molecule has 120 valence electrons. The van der Waals surface area contributed by atoms with Gasteiger partial charge in [-0.15, -0.1) is 11.3 Å². The Labute approximate surface area is 129 Å². The number of hydrogen-bond donors (Lipinski definition) is 0. The minimum atomic E-state index is -4.37. The van der Waals surface area contributed by atoms with E-state index in [1.807, 2.05) is 24.3 Å². The summed E-state index contributed by atoms with van der Waals surface area (Å²) in [6, 6.07) is 7.64. The van der Waals surface area contributed by atoms with Crippen molar-refractivity contribution in [3.05, 3.63) is 29.3 Å². The smallest absolute Gasteiger partial charge is 0.372 e. The van der Waals surface area contributed by atoms with Crippen LogP contribution in [-0.2, 0) is 16.1 Å². The zero-order valence-electron chi connectivity index (χ0n) is 11.9. The number of carbonyl (C=O) groups excluding carboxylic acids is 1. The molecule has 0 bridgehead atoms. The van der Waals surface area contributed by atoms with Crippen LogP contribution >= 0.6 is 11.3 Å². The molecule has 0 fully saturated rings. The Bertz CT molecular complexity index is 609. The Hall–Kier alpha value is -1.67. The maximum Gasteiger partial charge on any atom is 0.411 e. The van der Waals surface area contributed by atoms with Gasteiger partial charge < -0.3 is 9.64 Å². The van der Waals surface area contributed by atoms with Crippen LogP contribution in [0.1, 0.15) is 11.4 Å². The number of ether oxygens (including phenoxy) is 1. The van der Waals surface area contributed by atoms with Crippen molar-refractivity contribution in [1.29, 1.82) is 0 Å². The van der Waals surface area contributed by atoms with Gasteiger partial charge in [-0.25, -0.2) is 4.98 Å². The van der Waals surface area contributed by atoms with Gasteiger partial charge in [0.05, 0.1) is 29.8 Å². The van der Waals surface area contributed by atoms with E-state index < -0.39 is 12.8 Å². The molecule has 0 radical (unpaired) electrons. The van der Waals surface area contributed by atoms with Gasteiger partial charge in [-0.2, -0.15) is 13.2 Å². The molecule has 22 heavy (non-hydrogen) atoms. The fourth-order valence-corrected chi connectivity index (χ4v) is 2.84. The second-order valence-corrected chi connectivity index (χ2v) is 5.86. The Morgan fingerprint density at radius 3 is 2.77 bits per heavy atom. The van der Waals surface area contributed by atoms with Crippen molar-refractivity contribution in [2.45, 2.75) is 19.1 Å². The Balaban J connectivity index is 1.81. The van der Waals surface area contributed by atoms with E-state index in [4.69, 9.17) is 0 Å². The Morgan fingerprint density at radius 1 is 1.36 bits per heavy atom. The van der Waals surface area contributed by atoms with E-state index in [0.29, 0.717) is 6.54 Å². The number of alkyl halides is 3. The van der Waals surface area contributed by atoms with Gasteiger partial charge in [0.1, 0.15) is 11.6 Å². The van der Waals surface area contributed by atoms with Crippen molar-refractivity contribution in [3.8, 4) is 0 Å². The number of nitrogens with zero attached hydrogens (tertiary/aromatic N) is 2. The first-order valence-electron chi connectivity index (χ1n) is 6.58. The molecule has 1 heterocycles. The molecule has 0 spiro atoms. The highest BCUT2D eigenvalue weighted by Crippen LogP contribution is 2.22. The fraction of sp³-hybridized carbons (Fsp3) is 0.429. The summed E-state index contributed by atoms with van der Waals surface area (Å²) in [5, 5.41) is 0.785. The average molecular weight is 332 g/mol. The van der Waals surface area contributed by atoms with E-state index >= 15 is 0 Å². The summed E-state index contributed by atoms with van der Waals surface area (Å²) in [7, 11) is 1.60. The maximum atomic E-state index is 11.9. The lowest BCUT2D eigenvalue weighted by Crippen LogP contribution is -2.27. The number of fused-ring (bicyclic) bond motifs is 1. The highest BCUT2D eigenvalue weighted by atomic mass is 32.1. The third-order valence-corrected chi connectivity index (χ3v) is 3.88. The van der Waals surface area contributed by atoms with Gasteiger partial charge in [0, 0.05) is 7.05 Å². The molecule has 1 amide bonds. The van der Waals surface area contributed by atoms with E-state index in [-0.39, 0.29) is 18.9 Å². The molecule has 2 rings (SSSR count). The Kier molecular flexibility index (Phi) is 5.36. The van der Waals surface area contributed by atoms with Crippen LogP contribution in [0.15, 0.2) is 24.3 Å². The summed E-state index contributed by atoms with van der Waals surface area (Å²) in [4.78, 5) is 17.7. The van der Waals surface area contributed by atoms with Crippen molar-refractivity contribution in [3.63, 3.8) is 0 Å². The molecule has 2 aromatic rings. The molecule has 0 aliphatic rings. The summed E-state index contributed by atoms with van der Waals surface area (Å²) < 4.78 is 41.2. The van der Waals surface area contributed by atoms with Crippen LogP contribution in [0.5, 0.6) is 0 Å². The van der Waals surface area contributed by atoms with Crippen molar-refractivity contribution in [1.82, 2.24) is 9.88 Å². The van der Waals surface area contributed by atoms with Crippen LogP contribution in [0.4, 0.5) is 13.2 Å². The highest BCUT2D eigenvalue weighted by molar-refractivity contribution is 7.18. The monoisotopic (exact) mass is 332 g/mol. The van der Waals surface area contributed by atoms with Gasteiger partial charge in [0.2, 0.25) is 5.91 Å². The second kappa shape index (κ2) is 7.06. The van der Waals surface area contributed by atoms with Crippen LogP contribution in [0.2, 0.25) is 0 Å². The average Bonchev–Trinajstić information content (AvgIpc) is 2.84. The molecule has 1 aromatic carbocycles. The number of benzene rings is 1. The number of thiazole rings is 1. The van der Waals surface area contributed by atoms with Crippen molar-refractivity contribution >= 4 is 27.5 Å². The normalized spacial score (nSPS) is 11.8. The summed E-state index contributed by atoms with van der Waals surface area (Å²) in [6.07, 6.45) is -4.45. The van der Waals surface area contributed by atoms with E-state index in [1.54, 1.807) is 7.05 Å². The van der Waals surface area contributed by atoms with Gasteiger partial charge in [0.25, 0.3) is 0 Å². The minimum absolute atomic E-state index is 0.0858. The standard InChI is InChI=1S/C14H15F3N2O2S/c1-19(13(20)6-7-21-9-14(15,16)17)8-12-18-10-4-2-3-5-11(10)22-12/h2-5H,6-9H2,1H3. The summed E-state index contributed by atoms with van der Waals surface area (Å²) in [5.74, 6) is -0.276. The van der Waals surface area contributed by atoms with Crippen LogP contribution < -0.4 is 0 Å². The van der Waals surface area contributed by atoms with Gasteiger partial charge in [-0.1, -0.05) is 12.1 Å². The zero-order valence-corrected chi connectivity index (χ0v) is 12.7. The van der Waals surface area contributed by atoms with Crippen molar-refractivity contribution < 1.29 is 22.7 Å². The SMILES string of the molecule is CN(Cc1nc2ccccc2s1)C(=O)CCOCC(F)(F)F. The van der Waals surface area contributed by atoms with Crippen LogP contribution in [0, 0.1) is 0 Å². The van der Waals surface area contributed by atoms with Crippen molar-refractivity contribution in [2.75, 3.05) is 20.3 Å². The highest BCUT2D eigenvalue weighted by Gasteiger charge is 2.27. The van der Waals surface area contributed by atoms with Gasteiger partial charge in [0.15, 0.2) is 0 Å². The predicted octanol–water partition coefficient (Wildman–Crippen LogP) is 3.22. The van der Waals surface area contributed by atoms with Crippen LogP contribution in [0.3, 0.4) is 0 Å². The fourth-order valence-electron chi connectivity index (χ4n) is 1.82. The first-order chi connectivity index (χ1) is 10.3. The summed E-state index contributed by atoms with van der Waals surface area (Å²) in [5.41, 5.74) is 0.872. The lowest BCUT2D eigenvalue weighted by molar-refractivity contribution is -0.175. The topological polar surface area (TPSA) is 42.4 Å². The number of amides is 1. The van der Waals surface area contributed by atoms with Gasteiger partial charge in [-0.05, 0) is 12.1 Å². The van der Waals surface area contributed by atoms with Gasteiger partial charge in [-0.3, -0.25) is 4.79 Å². The van der Waals surface area contributed by atoms with E-state index in [9.17, 15) is 18.0 Å². The van der Waals surface area contributed by atoms with E-state index in [2.05, 4.69) is 9.72 Å². The summed E-state index contributed by atoms with van der Waals surface area (Å²) >= 11 is 1.49. The third-order valence-electron chi connectivity index (χ3n) is 2.86. The molecule has 0 saturated heterocycles. The number of halogens is 3. The van der Waals surface area contributed by atoms with Crippen LogP contribution in [0.25, 0.3) is 10.2 Å². The summed E-state index contributed by atoms with van der Waals surface area (Å²) in [6.45, 7) is -1.25. The molecule has 0 atom stereocenters. The minimum Gasteiger partial charge on any atom is -0.372 e. The quantitative estimate of drug-likeness (QED) is 0.763. The second-order valence-electron chi connectivity index (χ2n) is 4.74. The lowest BCUT2D eigenvalue weighted by atomic mass is 10.3. The molecule has 0 saturated carbocycles. The third kappa shape index (κ3) is 4.96. The maximum absolute atomic E-state index is 11.9. The first kappa shape index (κ1) is 16.7. The number of carbonyl (C=O) groups is 1. The molecule has 0 aliphatic carbocycles. The molecule has 4 nitrogen and oxygen atoms in total. The molecule has 0 N–H and O–H groups in total. The lowest BCUT2D eigenvalue weighted by Gasteiger charge is -2.15. The number of hydrogen-bond acceptors (Lipinski definition) is 4. The predicted molar refractivity (Wildman–Crippen MR) is 77.6 cm³/mol. The number of aromatic nitrogens is 1.